The van der Waals surface area contributed by atoms with Gasteiger partial charge >= 0.3 is 6.03 Å². The van der Waals surface area contributed by atoms with Gasteiger partial charge in [0.15, 0.2) is 0 Å². The number of nitrogens with one attached hydrogen (secondary N) is 3. The first-order valence-electron chi connectivity index (χ1n) is 6.15. The van der Waals surface area contributed by atoms with Crippen LogP contribution in [-0.4, -0.2) is 55.6 Å². The van der Waals surface area contributed by atoms with Crippen molar-refractivity contribution >= 4 is 11.9 Å². The number of piperazine rings is 1. The van der Waals surface area contributed by atoms with E-state index in [-0.39, 0.29) is 12.5 Å². The van der Waals surface area contributed by atoms with Crippen LogP contribution < -0.4 is 16.0 Å². The molecule has 3 N–H and O–H groups in total. The fraction of sp³-hybridized carbons (Fsp3) is 0.818. The molecule has 0 bridgehead atoms. The van der Waals surface area contributed by atoms with Crippen LogP contribution in [0.1, 0.15) is 20.3 Å². The average molecular weight is 242 g/mol. The number of rotatable bonds is 4. The maximum atomic E-state index is 11.6. The van der Waals surface area contributed by atoms with Gasteiger partial charge in [0.2, 0.25) is 5.91 Å². The predicted molar refractivity (Wildman–Crippen MR) is 65.7 cm³/mol. The van der Waals surface area contributed by atoms with Crippen LogP contribution in [0.4, 0.5) is 4.79 Å². The summed E-state index contributed by atoms with van der Waals surface area (Å²) in [5, 5.41) is 8.23. The molecule has 3 amide bonds. The molecule has 6 nitrogen and oxygen atoms in total. The highest BCUT2D eigenvalue weighted by molar-refractivity contribution is 5.95. The molecule has 0 unspecified atom stereocenters. The number of amides is 3. The number of imide groups is 1. The highest BCUT2D eigenvalue weighted by atomic mass is 16.2. The molecule has 0 aromatic rings. The van der Waals surface area contributed by atoms with Gasteiger partial charge in [-0.1, -0.05) is 6.92 Å². The van der Waals surface area contributed by atoms with Gasteiger partial charge in [-0.2, -0.15) is 0 Å². The Morgan fingerprint density at radius 1 is 1.47 bits per heavy atom. The van der Waals surface area contributed by atoms with Crippen molar-refractivity contribution in [2.24, 2.45) is 0 Å². The van der Waals surface area contributed by atoms with Gasteiger partial charge in [-0.05, 0) is 13.3 Å². The lowest BCUT2D eigenvalue weighted by atomic mass is 10.2. The van der Waals surface area contributed by atoms with Crippen molar-refractivity contribution in [2.45, 2.75) is 26.3 Å². The molecule has 1 aliphatic rings. The monoisotopic (exact) mass is 242 g/mol. The van der Waals surface area contributed by atoms with Crippen LogP contribution >= 0.6 is 0 Å². The molecular weight excluding hydrogens is 220 g/mol. The highest BCUT2D eigenvalue weighted by Crippen LogP contribution is 1.97. The van der Waals surface area contributed by atoms with E-state index in [2.05, 4.69) is 22.9 Å². The Bertz CT molecular complexity index is 270. The summed E-state index contributed by atoms with van der Waals surface area (Å²) >= 11 is 0. The SMILES string of the molecule is CCCNC(=O)NC(=O)CN1CCN[C@@H](C)C1. The van der Waals surface area contributed by atoms with Crippen LogP contribution in [0.25, 0.3) is 0 Å². The second-order valence-corrected chi connectivity index (χ2v) is 4.39. The molecule has 1 rings (SSSR count). The van der Waals surface area contributed by atoms with Gasteiger partial charge in [-0.25, -0.2) is 4.79 Å². The first kappa shape index (κ1) is 13.9. The van der Waals surface area contributed by atoms with Crippen molar-refractivity contribution in [3.63, 3.8) is 0 Å². The van der Waals surface area contributed by atoms with Crippen molar-refractivity contribution < 1.29 is 9.59 Å². The third kappa shape index (κ3) is 5.65. The summed E-state index contributed by atoms with van der Waals surface area (Å²) in [6.07, 6.45) is 0.858. The quantitative estimate of drug-likeness (QED) is 0.622. The van der Waals surface area contributed by atoms with Gasteiger partial charge in [0.25, 0.3) is 0 Å². The summed E-state index contributed by atoms with van der Waals surface area (Å²) in [5.74, 6) is -0.243. The lowest BCUT2D eigenvalue weighted by Crippen LogP contribution is -2.53. The smallest absolute Gasteiger partial charge is 0.321 e. The largest absolute Gasteiger partial charge is 0.338 e. The molecular formula is C11H22N4O2. The number of carbonyl (C=O) groups is 2. The lowest BCUT2D eigenvalue weighted by Gasteiger charge is -2.31. The first-order chi connectivity index (χ1) is 8.11. The zero-order valence-corrected chi connectivity index (χ0v) is 10.6. The summed E-state index contributed by atoms with van der Waals surface area (Å²) in [7, 11) is 0. The van der Waals surface area contributed by atoms with Gasteiger partial charge < -0.3 is 10.6 Å². The van der Waals surface area contributed by atoms with Gasteiger partial charge in [0.1, 0.15) is 0 Å². The maximum Gasteiger partial charge on any atom is 0.321 e. The van der Waals surface area contributed by atoms with E-state index in [9.17, 15) is 9.59 Å². The van der Waals surface area contributed by atoms with E-state index < -0.39 is 6.03 Å². The predicted octanol–water partition coefficient (Wildman–Crippen LogP) is -0.484. The van der Waals surface area contributed by atoms with Crippen LogP contribution in [0.3, 0.4) is 0 Å². The molecule has 17 heavy (non-hydrogen) atoms. The first-order valence-corrected chi connectivity index (χ1v) is 6.15. The zero-order valence-electron chi connectivity index (χ0n) is 10.6. The minimum absolute atomic E-state index is 0.243. The summed E-state index contributed by atoms with van der Waals surface area (Å²) < 4.78 is 0. The average Bonchev–Trinajstić information content (AvgIpc) is 2.26. The third-order valence-corrected chi connectivity index (χ3v) is 2.61. The summed E-state index contributed by atoms with van der Waals surface area (Å²) in [6, 6.07) is -0.00880. The van der Waals surface area contributed by atoms with E-state index >= 15 is 0 Å². The van der Waals surface area contributed by atoms with Crippen LogP contribution in [-0.2, 0) is 4.79 Å². The van der Waals surface area contributed by atoms with E-state index in [0.717, 1.165) is 26.1 Å². The Kier molecular flexibility index (Phi) is 5.93. The van der Waals surface area contributed by atoms with Crippen molar-refractivity contribution in [3.05, 3.63) is 0 Å². The second kappa shape index (κ2) is 7.24. The molecule has 0 spiro atoms. The van der Waals surface area contributed by atoms with Crippen molar-refractivity contribution in [2.75, 3.05) is 32.7 Å². The molecule has 6 heteroatoms. The van der Waals surface area contributed by atoms with Crippen LogP contribution in [0.5, 0.6) is 0 Å². The summed E-state index contributed by atoms with van der Waals surface area (Å²) in [4.78, 5) is 24.8. The number of carbonyl (C=O) groups excluding carboxylic acids is 2. The van der Waals surface area contributed by atoms with E-state index in [1.165, 1.54) is 0 Å². The molecule has 98 valence electrons. The molecule has 0 aliphatic carbocycles. The van der Waals surface area contributed by atoms with E-state index in [4.69, 9.17) is 0 Å². The minimum atomic E-state index is -0.403. The van der Waals surface area contributed by atoms with E-state index in [1.54, 1.807) is 0 Å². The zero-order chi connectivity index (χ0) is 12.7. The van der Waals surface area contributed by atoms with Crippen molar-refractivity contribution in [3.8, 4) is 0 Å². The van der Waals surface area contributed by atoms with E-state index in [0.29, 0.717) is 12.6 Å². The molecule has 0 aromatic carbocycles. The lowest BCUT2D eigenvalue weighted by molar-refractivity contribution is -0.121. The Morgan fingerprint density at radius 3 is 2.88 bits per heavy atom. The molecule has 1 atom stereocenters. The fourth-order valence-electron chi connectivity index (χ4n) is 1.81. The standard InChI is InChI=1S/C11H22N4O2/c1-3-4-13-11(17)14-10(16)8-15-6-5-12-9(2)7-15/h9,12H,3-8H2,1-2H3,(H2,13,14,16,17)/t9-/m0/s1. The van der Waals surface area contributed by atoms with Gasteiger partial charge in [0.05, 0.1) is 6.54 Å². The normalized spacial score (nSPS) is 20.9. The molecule has 1 saturated heterocycles. The molecule has 1 aliphatic heterocycles. The van der Waals surface area contributed by atoms with E-state index in [1.807, 2.05) is 11.8 Å². The second-order valence-electron chi connectivity index (χ2n) is 4.39. The third-order valence-electron chi connectivity index (χ3n) is 2.61. The van der Waals surface area contributed by atoms with Crippen molar-refractivity contribution in [1.82, 2.24) is 20.9 Å². The summed E-state index contributed by atoms with van der Waals surface area (Å²) in [6.45, 7) is 7.48. The van der Waals surface area contributed by atoms with Crippen LogP contribution in [0.2, 0.25) is 0 Å². The Hall–Kier alpha value is -1.14. The molecule has 1 fully saturated rings. The maximum absolute atomic E-state index is 11.6. The van der Waals surface area contributed by atoms with Crippen LogP contribution in [0, 0.1) is 0 Å². The summed E-state index contributed by atoms with van der Waals surface area (Å²) in [5.41, 5.74) is 0. The van der Waals surface area contributed by atoms with Crippen LogP contribution in [0.15, 0.2) is 0 Å². The van der Waals surface area contributed by atoms with Gasteiger partial charge in [0, 0.05) is 32.2 Å². The Morgan fingerprint density at radius 2 is 2.24 bits per heavy atom. The molecule has 0 radical (unpaired) electrons. The molecule has 1 heterocycles. The number of urea groups is 1. The molecule has 0 saturated carbocycles. The van der Waals surface area contributed by atoms with Gasteiger partial charge in [-0.15, -0.1) is 0 Å². The number of hydrogen-bond donors (Lipinski definition) is 3. The Balaban J connectivity index is 2.21. The number of hydrogen-bond acceptors (Lipinski definition) is 4. The minimum Gasteiger partial charge on any atom is -0.338 e. The highest BCUT2D eigenvalue weighted by Gasteiger charge is 2.18. The Labute approximate surface area is 102 Å². The van der Waals surface area contributed by atoms with Gasteiger partial charge in [-0.3, -0.25) is 15.0 Å². The molecule has 0 aromatic heterocycles. The van der Waals surface area contributed by atoms with Crippen molar-refractivity contribution in [1.29, 1.82) is 0 Å². The number of nitrogens with zero attached hydrogens (tertiary/aromatic N) is 1. The topological polar surface area (TPSA) is 73.5 Å². The fourth-order valence-corrected chi connectivity index (χ4v) is 1.81.